The molecule has 0 bridgehead atoms. The molecule has 1 saturated heterocycles. The van der Waals surface area contributed by atoms with E-state index in [0.717, 1.165) is 58.9 Å². The van der Waals surface area contributed by atoms with Crippen molar-refractivity contribution in [2.75, 3.05) is 57.4 Å². The molecule has 2 aliphatic heterocycles. The van der Waals surface area contributed by atoms with Gasteiger partial charge in [-0.15, -0.1) is 24.0 Å². The highest BCUT2D eigenvalue weighted by molar-refractivity contribution is 14.0. The number of anilines is 1. The van der Waals surface area contributed by atoms with Gasteiger partial charge in [0.25, 0.3) is 0 Å². The number of guanidine groups is 1. The second-order valence-corrected chi connectivity index (χ2v) is 6.48. The standard InChI is InChI=1S/C19H29N5O.HI/c20-19(21-8-3-9-23-12-14-25-15-13-23)22-16-17-4-6-18(7-5-17)24-10-1-2-11-24;/h1-2,4-7H,3,8-16H2,(H3,20,21,22);1H. The minimum Gasteiger partial charge on any atom is -0.379 e. The smallest absolute Gasteiger partial charge is 0.188 e. The zero-order valence-corrected chi connectivity index (χ0v) is 17.6. The Morgan fingerprint density at radius 1 is 1.12 bits per heavy atom. The van der Waals surface area contributed by atoms with Crippen LogP contribution in [-0.2, 0) is 11.3 Å². The van der Waals surface area contributed by atoms with E-state index >= 15 is 0 Å². The fraction of sp³-hybridized carbons (Fsp3) is 0.526. The van der Waals surface area contributed by atoms with Gasteiger partial charge in [-0.05, 0) is 30.7 Å². The van der Waals surface area contributed by atoms with Gasteiger partial charge >= 0.3 is 0 Å². The first-order valence-electron chi connectivity index (χ1n) is 9.14. The molecule has 26 heavy (non-hydrogen) atoms. The Morgan fingerprint density at radius 3 is 2.50 bits per heavy atom. The van der Waals surface area contributed by atoms with Gasteiger partial charge in [-0.2, -0.15) is 0 Å². The molecule has 1 aromatic carbocycles. The third-order valence-corrected chi connectivity index (χ3v) is 4.61. The fourth-order valence-corrected chi connectivity index (χ4v) is 3.08. The third-order valence-electron chi connectivity index (χ3n) is 4.61. The molecular weight excluding hydrogens is 441 g/mol. The Morgan fingerprint density at radius 2 is 1.81 bits per heavy atom. The van der Waals surface area contributed by atoms with Crippen molar-refractivity contribution in [2.45, 2.75) is 13.0 Å². The Bertz CT molecular complexity index is 576. The number of hydrogen-bond acceptors (Lipinski definition) is 4. The summed E-state index contributed by atoms with van der Waals surface area (Å²) < 4.78 is 5.35. The van der Waals surface area contributed by atoms with Crippen molar-refractivity contribution >= 4 is 35.6 Å². The van der Waals surface area contributed by atoms with Crippen LogP contribution in [0, 0.1) is 0 Å². The number of morpholine rings is 1. The van der Waals surface area contributed by atoms with Crippen LogP contribution in [0.15, 0.2) is 41.4 Å². The lowest BCUT2D eigenvalue weighted by molar-refractivity contribution is 0.0376. The van der Waals surface area contributed by atoms with Gasteiger partial charge < -0.3 is 20.7 Å². The summed E-state index contributed by atoms with van der Waals surface area (Å²) in [6.45, 7) is 8.32. The number of nitrogens with two attached hydrogens (primary N) is 1. The average molecular weight is 471 g/mol. The summed E-state index contributed by atoms with van der Waals surface area (Å²) in [7, 11) is 0. The van der Waals surface area contributed by atoms with E-state index in [1.807, 2.05) is 0 Å². The number of nitrogens with zero attached hydrogens (tertiary/aromatic N) is 3. The lowest BCUT2D eigenvalue weighted by Gasteiger charge is -2.26. The number of benzene rings is 1. The van der Waals surface area contributed by atoms with Crippen LogP contribution in [0.3, 0.4) is 0 Å². The van der Waals surface area contributed by atoms with E-state index in [9.17, 15) is 0 Å². The van der Waals surface area contributed by atoms with E-state index in [2.05, 4.69) is 56.5 Å². The largest absolute Gasteiger partial charge is 0.379 e. The van der Waals surface area contributed by atoms with Crippen molar-refractivity contribution < 1.29 is 4.74 Å². The summed E-state index contributed by atoms with van der Waals surface area (Å²) in [6, 6.07) is 8.57. The van der Waals surface area contributed by atoms with E-state index < -0.39 is 0 Å². The summed E-state index contributed by atoms with van der Waals surface area (Å²) >= 11 is 0. The summed E-state index contributed by atoms with van der Waals surface area (Å²) in [5, 5.41) is 3.20. The molecule has 1 aromatic rings. The summed E-state index contributed by atoms with van der Waals surface area (Å²) in [5.41, 5.74) is 8.39. The van der Waals surface area contributed by atoms with E-state index in [0.29, 0.717) is 12.5 Å². The van der Waals surface area contributed by atoms with Crippen LogP contribution in [0.4, 0.5) is 5.69 Å². The van der Waals surface area contributed by atoms with Crippen molar-refractivity contribution in [3.63, 3.8) is 0 Å². The van der Waals surface area contributed by atoms with Gasteiger partial charge in [-0.25, -0.2) is 4.99 Å². The van der Waals surface area contributed by atoms with Gasteiger partial charge in [0.05, 0.1) is 19.8 Å². The molecule has 0 atom stereocenters. The number of aliphatic imine (C=N–C) groups is 1. The van der Waals surface area contributed by atoms with Gasteiger partial charge in [0.1, 0.15) is 0 Å². The second-order valence-electron chi connectivity index (χ2n) is 6.48. The molecule has 0 spiro atoms. The van der Waals surface area contributed by atoms with E-state index in [1.54, 1.807) is 0 Å². The first kappa shape index (κ1) is 21.0. The predicted octanol–water partition coefficient (Wildman–Crippen LogP) is 1.81. The Kier molecular flexibility index (Phi) is 9.21. The molecule has 2 heterocycles. The van der Waals surface area contributed by atoms with E-state index in [4.69, 9.17) is 10.5 Å². The third kappa shape index (κ3) is 6.77. The molecule has 0 amide bonds. The average Bonchev–Trinajstić information content (AvgIpc) is 3.20. The number of nitrogens with one attached hydrogen (secondary N) is 1. The van der Waals surface area contributed by atoms with E-state index in [1.165, 1.54) is 11.3 Å². The maximum atomic E-state index is 5.96. The predicted molar refractivity (Wildman–Crippen MR) is 118 cm³/mol. The highest BCUT2D eigenvalue weighted by atomic mass is 127. The lowest BCUT2D eigenvalue weighted by Crippen LogP contribution is -2.39. The van der Waals surface area contributed by atoms with Gasteiger partial charge in [0, 0.05) is 38.4 Å². The van der Waals surface area contributed by atoms with Crippen molar-refractivity contribution in [3.8, 4) is 0 Å². The van der Waals surface area contributed by atoms with Gasteiger partial charge in [-0.3, -0.25) is 4.90 Å². The molecule has 6 nitrogen and oxygen atoms in total. The molecule has 0 aromatic heterocycles. The monoisotopic (exact) mass is 471 g/mol. The maximum absolute atomic E-state index is 5.96. The molecule has 0 aliphatic carbocycles. The van der Waals surface area contributed by atoms with Crippen LogP contribution in [0.2, 0.25) is 0 Å². The molecule has 1 fully saturated rings. The van der Waals surface area contributed by atoms with E-state index in [-0.39, 0.29) is 24.0 Å². The zero-order chi connectivity index (χ0) is 17.3. The Balaban J connectivity index is 0.00000243. The highest BCUT2D eigenvalue weighted by Crippen LogP contribution is 2.17. The zero-order valence-electron chi connectivity index (χ0n) is 15.3. The SMILES string of the molecule is I.NC(=NCc1ccc(N2CC=CC2)cc1)NCCCN1CCOCC1. The molecular formula is C19H30IN5O. The topological polar surface area (TPSA) is 66.1 Å². The number of halogens is 1. The van der Waals surface area contributed by atoms with Crippen LogP contribution >= 0.6 is 24.0 Å². The number of rotatable bonds is 7. The van der Waals surface area contributed by atoms with Gasteiger partial charge in [0.15, 0.2) is 5.96 Å². The molecule has 0 radical (unpaired) electrons. The summed E-state index contributed by atoms with van der Waals surface area (Å²) in [5.74, 6) is 0.523. The van der Waals surface area contributed by atoms with Crippen LogP contribution in [0.5, 0.6) is 0 Å². The van der Waals surface area contributed by atoms with Gasteiger partial charge in [0.2, 0.25) is 0 Å². The first-order valence-corrected chi connectivity index (χ1v) is 9.14. The maximum Gasteiger partial charge on any atom is 0.188 e. The first-order chi connectivity index (χ1) is 12.3. The number of ether oxygens (including phenoxy) is 1. The molecule has 7 heteroatoms. The quantitative estimate of drug-likeness (QED) is 0.209. The minimum atomic E-state index is 0. The molecule has 3 rings (SSSR count). The summed E-state index contributed by atoms with van der Waals surface area (Å²) in [4.78, 5) is 9.19. The van der Waals surface area contributed by atoms with Gasteiger partial charge in [-0.1, -0.05) is 24.3 Å². The molecule has 2 aliphatic rings. The summed E-state index contributed by atoms with van der Waals surface area (Å²) in [6.07, 6.45) is 5.46. The minimum absolute atomic E-state index is 0. The van der Waals surface area contributed by atoms with Crippen molar-refractivity contribution in [3.05, 3.63) is 42.0 Å². The highest BCUT2D eigenvalue weighted by Gasteiger charge is 2.09. The second kappa shape index (κ2) is 11.4. The molecule has 3 N–H and O–H groups in total. The molecule has 0 saturated carbocycles. The van der Waals surface area contributed by atoms with Crippen molar-refractivity contribution in [1.29, 1.82) is 0 Å². The lowest BCUT2D eigenvalue weighted by atomic mass is 10.2. The molecule has 0 unspecified atom stereocenters. The Hall–Kier alpha value is -1.32. The van der Waals surface area contributed by atoms with Crippen LogP contribution in [0.1, 0.15) is 12.0 Å². The van der Waals surface area contributed by atoms with Crippen LogP contribution in [0.25, 0.3) is 0 Å². The van der Waals surface area contributed by atoms with Crippen molar-refractivity contribution in [1.82, 2.24) is 10.2 Å². The normalized spacial score (nSPS) is 18.0. The van der Waals surface area contributed by atoms with Crippen LogP contribution < -0.4 is 16.0 Å². The number of hydrogen-bond donors (Lipinski definition) is 2. The van der Waals surface area contributed by atoms with Crippen LogP contribution in [-0.4, -0.2) is 63.3 Å². The van der Waals surface area contributed by atoms with Crippen molar-refractivity contribution in [2.24, 2.45) is 10.7 Å². The Labute approximate surface area is 173 Å². The molecule has 144 valence electrons. The fourth-order valence-electron chi connectivity index (χ4n) is 3.08.